The maximum Gasteiger partial charge on any atom is 0.573 e. The summed E-state index contributed by atoms with van der Waals surface area (Å²) in [4.78, 5) is 12.7. The van der Waals surface area contributed by atoms with Crippen molar-refractivity contribution < 1.29 is 32.9 Å². The van der Waals surface area contributed by atoms with E-state index in [-0.39, 0.29) is 11.1 Å². The van der Waals surface area contributed by atoms with Gasteiger partial charge >= 0.3 is 12.3 Å². The van der Waals surface area contributed by atoms with Crippen molar-refractivity contribution >= 4 is 11.7 Å². The van der Waals surface area contributed by atoms with Gasteiger partial charge in [-0.2, -0.15) is 0 Å². The highest BCUT2D eigenvalue weighted by Crippen LogP contribution is 2.41. The topological polar surface area (TPSA) is 70.0 Å². The van der Waals surface area contributed by atoms with Crippen LogP contribution in [0.4, 0.5) is 18.9 Å². The molecule has 8 heteroatoms. The predicted octanol–water partition coefficient (Wildman–Crippen LogP) is 2.43. The molecule has 5 nitrogen and oxygen atoms in total. The summed E-state index contributed by atoms with van der Waals surface area (Å²) in [6, 6.07) is 3.43. The lowest BCUT2D eigenvalue weighted by Gasteiger charge is -2.32. The predicted molar refractivity (Wildman–Crippen MR) is 66.8 cm³/mol. The Morgan fingerprint density at radius 3 is 2.52 bits per heavy atom. The minimum atomic E-state index is -4.86. The van der Waals surface area contributed by atoms with Gasteiger partial charge in [0.05, 0.1) is 5.57 Å². The number of aliphatic hydroxyl groups is 1. The molecule has 1 unspecified atom stereocenters. The first-order chi connectivity index (χ1) is 9.61. The lowest BCUT2D eigenvalue weighted by molar-refractivity contribution is -0.274. The number of allylic oxidation sites excluding steroid dienone is 1. The van der Waals surface area contributed by atoms with Crippen LogP contribution in [0.2, 0.25) is 0 Å². The molecule has 0 radical (unpaired) electrons. The molecule has 1 aromatic rings. The molecular formula is C13H12F3NO4. The zero-order chi connectivity index (χ0) is 15.9. The van der Waals surface area contributed by atoms with E-state index in [1.165, 1.54) is 17.9 Å². The number of ether oxygens (including phenoxy) is 1. The maximum absolute atomic E-state index is 12.2. The summed E-state index contributed by atoms with van der Waals surface area (Å²) < 4.78 is 40.4. The molecular weight excluding hydrogens is 291 g/mol. The SMILES string of the molecule is CC1=C(C(=O)O)C(O)c2cc(OC(F)(F)F)ccc2N1C. The van der Waals surface area contributed by atoms with Gasteiger partial charge in [0.25, 0.3) is 0 Å². The molecule has 0 aromatic heterocycles. The molecule has 1 aromatic carbocycles. The summed E-state index contributed by atoms with van der Waals surface area (Å²) in [6.07, 6.45) is -6.38. The monoisotopic (exact) mass is 303 g/mol. The zero-order valence-electron chi connectivity index (χ0n) is 11.1. The first kappa shape index (κ1) is 15.2. The molecule has 114 valence electrons. The molecule has 1 heterocycles. The average Bonchev–Trinajstić information content (AvgIpc) is 2.34. The number of carboxylic acid groups (broad SMARTS) is 1. The van der Waals surface area contributed by atoms with Crippen LogP contribution in [0.1, 0.15) is 18.6 Å². The van der Waals surface area contributed by atoms with Crippen molar-refractivity contribution in [3.8, 4) is 5.75 Å². The number of rotatable bonds is 2. The second-order valence-electron chi connectivity index (χ2n) is 4.53. The summed E-state index contributed by atoms with van der Waals surface area (Å²) in [5.74, 6) is -1.85. The van der Waals surface area contributed by atoms with Crippen molar-refractivity contribution in [3.05, 3.63) is 35.0 Å². The molecule has 0 saturated carbocycles. The molecule has 2 rings (SSSR count). The van der Waals surface area contributed by atoms with Crippen molar-refractivity contribution in [2.75, 3.05) is 11.9 Å². The van der Waals surface area contributed by atoms with Gasteiger partial charge in [0, 0.05) is 24.0 Å². The third-order valence-corrected chi connectivity index (χ3v) is 3.29. The van der Waals surface area contributed by atoms with Crippen LogP contribution in [-0.2, 0) is 4.79 Å². The summed E-state index contributed by atoms with van der Waals surface area (Å²) in [7, 11) is 1.56. The van der Waals surface area contributed by atoms with Gasteiger partial charge in [-0.05, 0) is 25.1 Å². The van der Waals surface area contributed by atoms with Gasteiger partial charge in [0.1, 0.15) is 11.9 Å². The highest BCUT2D eigenvalue weighted by molar-refractivity contribution is 5.91. The fraction of sp³-hybridized carbons (Fsp3) is 0.308. The Bertz CT molecular complexity index is 624. The molecule has 0 aliphatic carbocycles. The Kier molecular flexibility index (Phi) is 3.58. The summed E-state index contributed by atoms with van der Waals surface area (Å²) >= 11 is 0. The number of benzene rings is 1. The highest BCUT2D eigenvalue weighted by Gasteiger charge is 2.35. The molecule has 0 amide bonds. The van der Waals surface area contributed by atoms with Gasteiger partial charge < -0.3 is 19.8 Å². The molecule has 1 atom stereocenters. The summed E-state index contributed by atoms with van der Waals surface area (Å²) in [6.45, 7) is 1.51. The summed E-state index contributed by atoms with van der Waals surface area (Å²) in [5.41, 5.74) is 0.489. The minimum Gasteiger partial charge on any atom is -0.478 e. The van der Waals surface area contributed by atoms with Crippen molar-refractivity contribution in [2.45, 2.75) is 19.4 Å². The number of carbonyl (C=O) groups is 1. The van der Waals surface area contributed by atoms with Gasteiger partial charge in [0.15, 0.2) is 0 Å². The number of alkyl halides is 3. The molecule has 0 bridgehead atoms. The van der Waals surface area contributed by atoms with Crippen LogP contribution >= 0.6 is 0 Å². The fourth-order valence-corrected chi connectivity index (χ4v) is 2.24. The van der Waals surface area contributed by atoms with Gasteiger partial charge in [-0.25, -0.2) is 4.79 Å². The van der Waals surface area contributed by atoms with Crippen LogP contribution in [0.15, 0.2) is 29.5 Å². The van der Waals surface area contributed by atoms with E-state index in [4.69, 9.17) is 5.11 Å². The van der Waals surface area contributed by atoms with E-state index in [0.29, 0.717) is 11.4 Å². The van der Waals surface area contributed by atoms with E-state index in [1.807, 2.05) is 0 Å². The number of aliphatic hydroxyl groups excluding tert-OH is 1. The Labute approximate surface area is 117 Å². The van der Waals surface area contributed by atoms with E-state index in [0.717, 1.165) is 12.1 Å². The van der Waals surface area contributed by atoms with Crippen molar-refractivity contribution in [1.29, 1.82) is 0 Å². The Morgan fingerprint density at radius 1 is 1.38 bits per heavy atom. The van der Waals surface area contributed by atoms with E-state index in [9.17, 15) is 23.1 Å². The number of fused-ring (bicyclic) bond motifs is 1. The Balaban J connectivity index is 2.50. The zero-order valence-corrected chi connectivity index (χ0v) is 11.1. The largest absolute Gasteiger partial charge is 0.573 e. The van der Waals surface area contributed by atoms with Crippen LogP contribution < -0.4 is 9.64 Å². The van der Waals surface area contributed by atoms with Crippen LogP contribution in [-0.4, -0.2) is 29.6 Å². The van der Waals surface area contributed by atoms with E-state index < -0.39 is 24.2 Å². The maximum atomic E-state index is 12.2. The van der Waals surface area contributed by atoms with Gasteiger partial charge in [-0.15, -0.1) is 13.2 Å². The molecule has 0 fully saturated rings. The van der Waals surface area contributed by atoms with E-state index in [1.54, 1.807) is 7.05 Å². The van der Waals surface area contributed by atoms with E-state index >= 15 is 0 Å². The number of hydrogen-bond donors (Lipinski definition) is 2. The first-order valence-corrected chi connectivity index (χ1v) is 5.87. The minimum absolute atomic E-state index is 0.0438. The van der Waals surface area contributed by atoms with Gasteiger partial charge in [0.2, 0.25) is 0 Å². The average molecular weight is 303 g/mol. The molecule has 0 spiro atoms. The van der Waals surface area contributed by atoms with Gasteiger partial charge in [-0.1, -0.05) is 0 Å². The first-order valence-electron chi connectivity index (χ1n) is 5.87. The number of carboxylic acids is 1. The second-order valence-corrected chi connectivity index (χ2v) is 4.53. The van der Waals surface area contributed by atoms with Crippen LogP contribution in [0.5, 0.6) is 5.75 Å². The number of halogens is 3. The lowest BCUT2D eigenvalue weighted by atomic mass is 9.93. The normalized spacial score (nSPS) is 18.6. The molecule has 21 heavy (non-hydrogen) atoms. The Hall–Kier alpha value is -2.22. The van der Waals surface area contributed by atoms with Crippen LogP contribution in [0.3, 0.4) is 0 Å². The number of aliphatic carboxylic acids is 1. The second kappa shape index (κ2) is 4.96. The third-order valence-electron chi connectivity index (χ3n) is 3.29. The molecule has 1 aliphatic heterocycles. The molecule has 1 aliphatic rings. The van der Waals surface area contributed by atoms with Crippen LogP contribution in [0.25, 0.3) is 0 Å². The molecule has 0 saturated heterocycles. The number of hydrogen-bond acceptors (Lipinski definition) is 4. The standard InChI is InChI=1S/C13H12F3NO4/c1-6-10(12(19)20)11(18)8-5-7(21-13(14,15)16)3-4-9(8)17(6)2/h3-5,11,18H,1-2H3,(H,19,20). The van der Waals surface area contributed by atoms with Crippen molar-refractivity contribution in [2.24, 2.45) is 0 Å². The fourth-order valence-electron chi connectivity index (χ4n) is 2.24. The number of anilines is 1. The smallest absolute Gasteiger partial charge is 0.478 e. The lowest BCUT2D eigenvalue weighted by Crippen LogP contribution is -2.29. The Morgan fingerprint density at radius 2 is 2.00 bits per heavy atom. The van der Waals surface area contributed by atoms with Crippen LogP contribution in [0, 0.1) is 0 Å². The number of nitrogens with zero attached hydrogens (tertiary/aromatic N) is 1. The van der Waals surface area contributed by atoms with Crippen molar-refractivity contribution in [1.82, 2.24) is 0 Å². The van der Waals surface area contributed by atoms with Crippen molar-refractivity contribution in [3.63, 3.8) is 0 Å². The van der Waals surface area contributed by atoms with Gasteiger partial charge in [-0.3, -0.25) is 0 Å². The quantitative estimate of drug-likeness (QED) is 0.878. The third kappa shape index (κ3) is 2.80. The van der Waals surface area contributed by atoms with E-state index in [2.05, 4.69) is 4.74 Å². The summed E-state index contributed by atoms with van der Waals surface area (Å²) in [5, 5.41) is 19.2. The highest BCUT2D eigenvalue weighted by atomic mass is 19.4. The molecule has 2 N–H and O–H groups in total.